The molecular weight excluding hydrogens is 474 g/mol. The molecule has 1 aliphatic rings. The molecule has 0 atom stereocenters. The maximum Gasteiger partial charge on any atom is 0.417 e. The van der Waals surface area contributed by atoms with Gasteiger partial charge in [-0.1, -0.05) is 31.7 Å². The van der Waals surface area contributed by atoms with Crippen molar-refractivity contribution >= 4 is 23.0 Å². The monoisotopic (exact) mass is 501 g/mol. The van der Waals surface area contributed by atoms with Gasteiger partial charge in [0.05, 0.1) is 5.56 Å². The molecule has 2 heterocycles. The van der Waals surface area contributed by atoms with Gasteiger partial charge < -0.3 is 20.9 Å². The molecule has 0 aliphatic carbocycles. The number of hydrogen-bond donors (Lipinski definition) is 3. The van der Waals surface area contributed by atoms with Crippen molar-refractivity contribution in [1.82, 2.24) is 20.5 Å². The van der Waals surface area contributed by atoms with E-state index in [2.05, 4.69) is 37.7 Å². The third-order valence-electron chi connectivity index (χ3n) is 5.70. The molecule has 0 spiro atoms. The average molecular weight is 502 g/mol. The van der Waals surface area contributed by atoms with Crippen molar-refractivity contribution in [2.45, 2.75) is 19.5 Å². The zero-order valence-corrected chi connectivity index (χ0v) is 19.8. The normalized spacial score (nSPS) is 14.0. The molecule has 11 heteroatoms. The molecule has 0 radical (unpaired) electrons. The Balaban J connectivity index is 1.76. The van der Waals surface area contributed by atoms with Gasteiger partial charge in [0.2, 0.25) is 0 Å². The van der Waals surface area contributed by atoms with Crippen LogP contribution < -0.4 is 20.9 Å². The van der Waals surface area contributed by atoms with Gasteiger partial charge in [-0.2, -0.15) is 13.2 Å². The van der Waals surface area contributed by atoms with Gasteiger partial charge in [-0.05, 0) is 30.7 Å². The molecule has 0 unspecified atom stereocenters. The maximum absolute atomic E-state index is 14.1. The summed E-state index contributed by atoms with van der Waals surface area (Å²) in [6, 6.07) is 9.39. The van der Waals surface area contributed by atoms with Crippen LogP contribution in [-0.2, 0) is 6.18 Å². The Kier molecular flexibility index (Phi) is 7.68. The van der Waals surface area contributed by atoms with Gasteiger partial charge in [0.15, 0.2) is 17.5 Å². The summed E-state index contributed by atoms with van der Waals surface area (Å²) in [5.41, 5.74) is 0.423. The summed E-state index contributed by atoms with van der Waals surface area (Å²) in [4.78, 5) is 6.39. The van der Waals surface area contributed by atoms with Crippen molar-refractivity contribution in [2.75, 3.05) is 48.3 Å². The molecule has 190 valence electrons. The van der Waals surface area contributed by atoms with Crippen molar-refractivity contribution in [2.24, 2.45) is 0 Å². The van der Waals surface area contributed by atoms with E-state index < -0.39 is 17.6 Å². The number of rotatable bonds is 8. The van der Waals surface area contributed by atoms with E-state index >= 15 is 0 Å². The molecule has 36 heavy (non-hydrogen) atoms. The fraction of sp³-hybridized carbons (Fsp3) is 0.320. The summed E-state index contributed by atoms with van der Waals surface area (Å²) in [5, 5.41) is 17.9. The lowest BCUT2D eigenvalue weighted by Gasteiger charge is -2.29. The highest BCUT2D eigenvalue weighted by Gasteiger charge is 2.34. The number of anilines is 3. The fourth-order valence-electron chi connectivity index (χ4n) is 3.92. The predicted molar refractivity (Wildman–Crippen MR) is 133 cm³/mol. The standard InChI is InChI=1S/C25H27F4N7/c1-3-10-31-21-9-8-17(26)15-19(21)16(2)32-23-24(36-13-11-30-12-14-36)35-34-22(33-23)18-6-4-5-7-20(18)25(27,28)29/h4-9,15,30-31H,2-3,10-14H2,1H3,(H,32,33,34). The molecule has 0 amide bonds. The molecule has 4 rings (SSSR count). The number of nitrogens with one attached hydrogen (secondary N) is 3. The largest absolute Gasteiger partial charge is 0.417 e. The lowest BCUT2D eigenvalue weighted by atomic mass is 10.1. The summed E-state index contributed by atoms with van der Waals surface area (Å²) in [7, 11) is 0. The van der Waals surface area contributed by atoms with Gasteiger partial charge in [0, 0.05) is 55.2 Å². The highest BCUT2D eigenvalue weighted by molar-refractivity contribution is 5.84. The Bertz CT molecular complexity index is 1220. The predicted octanol–water partition coefficient (Wildman–Crippen LogP) is 5.01. The Labute approximate surface area is 206 Å². The van der Waals surface area contributed by atoms with Crippen molar-refractivity contribution in [3.63, 3.8) is 0 Å². The number of hydrogen-bond acceptors (Lipinski definition) is 7. The van der Waals surface area contributed by atoms with E-state index in [0.29, 0.717) is 55.5 Å². The number of piperazine rings is 1. The Morgan fingerprint density at radius 3 is 2.58 bits per heavy atom. The minimum absolute atomic E-state index is 0.180. The minimum Gasteiger partial charge on any atom is -0.385 e. The first-order valence-corrected chi connectivity index (χ1v) is 11.6. The topological polar surface area (TPSA) is 78.0 Å². The summed E-state index contributed by atoms with van der Waals surface area (Å²) >= 11 is 0. The molecule has 3 N–H and O–H groups in total. The van der Waals surface area contributed by atoms with E-state index in [1.807, 2.05) is 11.8 Å². The number of halogens is 4. The molecule has 7 nitrogen and oxygen atoms in total. The van der Waals surface area contributed by atoms with Crippen molar-refractivity contribution in [3.8, 4) is 11.4 Å². The summed E-state index contributed by atoms with van der Waals surface area (Å²) in [6.07, 6.45) is -3.72. The molecular formula is C25H27F4N7. The highest BCUT2D eigenvalue weighted by Crippen LogP contribution is 2.37. The maximum atomic E-state index is 14.1. The Morgan fingerprint density at radius 2 is 1.86 bits per heavy atom. The van der Waals surface area contributed by atoms with Crippen LogP contribution in [0.2, 0.25) is 0 Å². The molecule has 1 fully saturated rings. The van der Waals surface area contributed by atoms with Crippen molar-refractivity contribution < 1.29 is 17.6 Å². The SMILES string of the molecule is C=C(Nc1nc(-c2ccccc2C(F)(F)F)nnc1N1CCNCC1)c1cc(F)ccc1NCCC. The van der Waals surface area contributed by atoms with E-state index in [1.165, 1.54) is 30.3 Å². The minimum atomic E-state index is -4.59. The lowest BCUT2D eigenvalue weighted by molar-refractivity contribution is -0.137. The average Bonchev–Trinajstić information content (AvgIpc) is 2.88. The molecule has 2 aromatic carbocycles. The highest BCUT2D eigenvalue weighted by atomic mass is 19.4. The number of benzene rings is 2. The van der Waals surface area contributed by atoms with Crippen LogP contribution in [0.5, 0.6) is 0 Å². The van der Waals surface area contributed by atoms with E-state index in [0.717, 1.165) is 12.5 Å². The molecule has 1 aliphatic heterocycles. The van der Waals surface area contributed by atoms with Gasteiger partial charge in [0.1, 0.15) is 5.82 Å². The van der Waals surface area contributed by atoms with E-state index in [-0.39, 0.29) is 17.2 Å². The second-order valence-electron chi connectivity index (χ2n) is 8.31. The van der Waals surface area contributed by atoms with Crippen LogP contribution in [0, 0.1) is 5.82 Å². The van der Waals surface area contributed by atoms with Gasteiger partial charge in [-0.15, -0.1) is 10.2 Å². The molecule has 0 bridgehead atoms. The molecule has 3 aromatic rings. The number of alkyl halides is 3. The molecule has 1 aromatic heterocycles. The molecule has 0 saturated carbocycles. The smallest absolute Gasteiger partial charge is 0.385 e. The van der Waals surface area contributed by atoms with Crippen LogP contribution in [0.4, 0.5) is 34.9 Å². The van der Waals surface area contributed by atoms with Gasteiger partial charge >= 0.3 is 6.18 Å². The molecule has 1 saturated heterocycles. The van der Waals surface area contributed by atoms with Crippen molar-refractivity contribution in [3.05, 3.63) is 66.0 Å². The summed E-state index contributed by atoms with van der Waals surface area (Å²) < 4.78 is 55.1. The van der Waals surface area contributed by atoms with Gasteiger partial charge in [-0.3, -0.25) is 0 Å². The Hall–Kier alpha value is -3.73. The summed E-state index contributed by atoms with van der Waals surface area (Å²) in [6.45, 7) is 9.37. The van der Waals surface area contributed by atoms with Crippen LogP contribution in [0.25, 0.3) is 17.1 Å². The third-order valence-corrected chi connectivity index (χ3v) is 5.70. The summed E-state index contributed by atoms with van der Waals surface area (Å²) in [5.74, 6) is -0.0569. The number of nitrogens with zero attached hydrogens (tertiary/aromatic N) is 4. The second kappa shape index (κ2) is 10.9. The van der Waals surface area contributed by atoms with E-state index in [1.54, 1.807) is 6.07 Å². The van der Waals surface area contributed by atoms with E-state index in [9.17, 15) is 17.6 Å². The van der Waals surface area contributed by atoms with Crippen LogP contribution in [0.15, 0.2) is 49.0 Å². The quantitative estimate of drug-likeness (QED) is 0.375. The van der Waals surface area contributed by atoms with Crippen LogP contribution in [0.3, 0.4) is 0 Å². The fourth-order valence-corrected chi connectivity index (χ4v) is 3.92. The van der Waals surface area contributed by atoms with Crippen molar-refractivity contribution in [1.29, 1.82) is 0 Å². The zero-order valence-electron chi connectivity index (χ0n) is 19.8. The van der Waals surface area contributed by atoms with Gasteiger partial charge in [-0.25, -0.2) is 9.37 Å². The first-order valence-electron chi connectivity index (χ1n) is 11.6. The zero-order chi connectivity index (χ0) is 25.7. The Morgan fingerprint density at radius 1 is 1.11 bits per heavy atom. The number of aromatic nitrogens is 3. The van der Waals surface area contributed by atoms with E-state index in [4.69, 9.17) is 0 Å². The third kappa shape index (κ3) is 5.73. The van der Waals surface area contributed by atoms with Crippen LogP contribution >= 0.6 is 0 Å². The van der Waals surface area contributed by atoms with Crippen LogP contribution in [-0.4, -0.2) is 47.9 Å². The lowest BCUT2D eigenvalue weighted by Crippen LogP contribution is -2.44. The second-order valence-corrected chi connectivity index (χ2v) is 8.31. The first-order chi connectivity index (χ1) is 17.3. The first kappa shape index (κ1) is 25.4. The van der Waals surface area contributed by atoms with Gasteiger partial charge in [0.25, 0.3) is 0 Å². The van der Waals surface area contributed by atoms with Crippen LogP contribution in [0.1, 0.15) is 24.5 Å².